The standard InChI is InChI=1S/C52H37N3O/c1-32-10-9-15-35-19-24-42(29-45(32)35)51-53-50(41-25-23-38-27-37(21-22-39(38)28-41)33-11-3-2-4-12-33)54-52(55-51)46-30-43(40-20-18-34-13-5-6-14-36(34)26-40)31-48-49(46)44-16-7-8-17-47(44)56-48/h2-4,6-9,11-12,14-32H,5,10,13H2,1H3. The molecule has 0 radical (unpaired) electrons. The fourth-order valence-corrected chi connectivity index (χ4v) is 8.57. The van der Waals surface area contributed by atoms with Gasteiger partial charge in [0.15, 0.2) is 17.5 Å². The Labute approximate surface area is 325 Å². The van der Waals surface area contributed by atoms with E-state index in [0.29, 0.717) is 23.4 Å². The van der Waals surface area contributed by atoms with Crippen LogP contribution < -0.4 is 0 Å². The highest BCUT2D eigenvalue weighted by atomic mass is 16.3. The highest BCUT2D eigenvalue weighted by Crippen LogP contribution is 2.41. The van der Waals surface area contributed by atoms with E-state index in [-0.39, 0.29) is 0 Å². The molecular formula is C52H37N3O. The van der Waals surface area contributed by atoms with Gasteiger partial charge in [-0.3, -0.25) is 0 Å². The van der Waals surface area contributed by atoms with Gasteiger partial charge in [0.25, 0.3) is 0 Å². The van der Waals surface area contributed by atoms with Crippen LogP contribution in [0.25, 0.3) is 101 Å². The maximum Gasteiger partial charge on any atom is 0.164 e. The Kier molecular flexibility index (Phi) is 7.63. The third-order valence-electron chi connectivity index (χ3n) is 11.6. The van der Waals surface area contributed by atoms with Crippen molar-refractivity contribution in [2.24, 2.45) is 0 Å². The van der Waals surface area contributed by atoms with E-state index in [1.807, 2.05) is 12.1 Å². The molecule has 2 heterocycles. The first-order valence-corrected chi connectivity index (χ1v) is 19.5. The highest BCUT2D eigenvalue weighted by molar-refractivity contribution is 6.13. The van der Waals surface area contributed by atoms with Gasteiger partial charge in [-0.15, -0.1) is 0 Å². The smallest absolute Gasteiger partial charge is 0.164 e. The van der Waals surface area contributed by atoms with Crippen LogP contribution in [0.2, 0.25) is 0 Å². The van der Waals surface area contributed by atoms with Crippen molar-refractivity contribution in [1.82, 2.24) is 15.0 Å². The number of rotatable bonds is 5. The van der Waals surface area contributed by atoms with Crippen molar-refractivity contribution < 1.29 is 4.42 Å². The normalized spacial score (nSPS) is 14.7. The molecule has 4 nitrogen and oxygen atoms in total. The Morgan fingerprint density at radius 1 is 0.518 bits per heavy atom. The molecule has 2 aromatic heterocycles. The molecule has 2 aliphatic rings. The molecule has 7 aromatic carbocycles. The van der Waals surface area contributed by atoms with Gasteiger partial charge in [-0.2, -0.15) is 0 Å². The predicted octanol–water partition coefficient (Wildman–Crippen LogP) is 13.7. The van der Waals surface area contributed by atoms with Crippen LogP contribution in [0.4, 0.5) is 0 Å². The van der Waals surface area contributed by atoms with Crippen molar-refractivity contribution in [2.45, 2.75) is 32.1 Å². The number of aromatic nitrogens is 3. The van der Waals surface area contributed by atoms with E-state index in [1.54, 1.807) is 0 Å². The zero-order valence-corrected chi connectivity index (χ0v) is 31.0. The number of hydrogen-bond donors (Lipinski definition) is 0. The number of nitrogens with zero attached hydrogens (tertiary/aromatic N) is 3. The minimum absolute atomic E-state index is 0.414. The molecule has 0 fully saturated rings. The van der Waals surface area contributed by atoms with Crippen LogP contribution in [0.5, 0.6) is 0 Å². The van der Waals surface area contributed by atoms with Gasteiger partial charge in [0.2, 0.25) is 0 Å². The number of fused-ring (bicyclic) bond motifs is 6. The number of aryl methyl sites for hydroxylation is 1. The molecule has 0 N–H and O–H groups in total. The lowest BCUT2D eigenvalue weighted by atomic mass is 9.87. The van der Waals surface area contributed by atoms with Crippen molar-refractivity contribution in [1.29, 1.82) is 0 Å². The van der Waals surface area contributed by atoms with Crippen molar-refractivity contribution >= 4 is 44.9 Å². The zero-order valence-electron chi connectivity index (χ0n) is 31.0. The van der Waals surface area contributed by atoms with Crippen LogP contribution >= 0.6 is 0 Å². The summed E-state index contributed by atoms with van der Waals surface area (Å²) in [4.78, 5) is 15.9. The van der Waals surface area contributed by atoms with Gasteiger partial charge in [0.05, 0.1) is 0 Å². The Balaban J connectivity index is 1.13. The minimum Gasteiger partial charge on any atom is -0.456 e. The van der Waals surface area contributed by atoms with Gasteiger partial charge >= 0.3 is 0 Å². The molecule has 2 aliphatic carbocycles. The molecule has 266 valence electrons. The Hall–Kier alpha value is -6.91. The van der Waals surface area contributed by atoms with E-state index in [0.717, 1.165) is 74.4 Å². The molecule has 0 amide bonds. The number of furan rings is 1. The van der Waals surface area contributed by atoms with Gasteiger partial charge in [-0.25, -0.2) is 15.0 Å². The fraction of sp³-hybridized carbons (Fsp3) is 0.0962. The van der Waals surface area contributed by atoms with Crippen LogP contribution in [-0.2, 0) is 6.42 Å². The topological polar surface area (TPSA) is 51.8 Å². The van der Waals surface area contributed by atoms with Crippen LogP contribution in [0.1, 0.15) is 47.9 Å². The third kappa shape index (κ3) is 5.65. The lowest BCUT2D eigenvalue weighted by Gasteiger charge is -2.19. The maximum absolute atomic E-state index is 6.59. The van der Waals surface area contributed by atoms with Crippen molar-refractivity contribution in [2.75, 3.05) is 0 Å². The lowest BCUT2D eigenvalue weighted by molar-refractivity contribution is 0.669. The van der Waals surface area contributed by atoms with E-state index in [2.05, 4.69) is 159 Å². The molecule has 4 heteroatoms. The van der Waals surface area contributed by atoms with E-state index in [9.17, 15) is 0 Å². The second-order valence-corrected chi connectivity index (χ2v) is 15.2. The first-order valence-electron chi connectivity index (χ1n) is 19.5. The molecule has 0 bridgehead atoms. The number of para-hydroxylation sites is 1. The van der Waals surface area contributed by atoms with Crippen LogP contribution in [0.3, 0.4) is 0 Å². The highest BCUT2D eigenvalue weighted by Gasteiger charge is 2.21. The summed E-state index contributed by atoms with van der Waals surface area (Å²) in [6.07, 6.45) is 12.2. The molecule has 0 aliphatic heterocycles. The zero-order chi connectivity index (χ0) is 37.2. The third-order valence-corrected chi connectivity index (χ3v) is 11.6. The van der Waals surface area contributed by atoms with Crippen LogP contribution in [-0.4, -0.2) is 15.0 Å². The molecule has 56 heavy (non-hydrogen) atoms. The average Bonchev–Trinajstić information content (AvgIpc) is 3.64. The summed E-state index contributed by atoms with van der Waals surface area (Å²) in [5, 5.41) is 4.34. The van der Waals surface area contributed by atoms with E-state index < -0.39 is 0 Å². The van der Waals surface area contributed by atoms with Gasteiger partial charge < -0.3 is 4.42 Å². The molecule has 0 spiro atoms. The van der Waals surface area contributed by atoms with Crippen molar-refractivity contribution in [3.8, 4) is 56.4 Å². The summed E-state index contributed by atoms with van der Waals surface area (Å²) < 4.78 is 6.59. The number of benzene rings is 7. The molecular weight excluding hydrogens is 683 g/mol. The average molecular weight is 720 g/mol. The molecule has 0 saturated carbocycles. The van der Waals surface area contributed by atoms with Gasteiger partial charge in [0, 0.05) is 27.5 Å². The summed E-state index contributed by atoms with van der Waals surface area (Å²) in [7, 11) is 0. The SMILES string of the molecule is CC1CC=Cc2ccc(-c3nc(-c4ccc5cc(-c6ccccc6)ccc5c4)nc(-c4cc(-c5ccc6c(c5)C=CCC6)cc5oc6ccccc6c45)n3)cc21. The predicted molar refractivity (Wildman–Crippen MR) is 231 cm³/mol. The molecule has 1 unspecified atom stereocenters. The van der Waals surface area contributed by atoms with Gasteiger partial charge in [-0.05, 0) is 123 Å². The quantitative estimate of drug-likeness (QED) is 0.178. The monoisotopic (exact) mass is 719 g/mol. The van der Waals surface area contributed by atoms with Gasteiger partial charge in [-0.1, -0.05) is 128 Å². The van der Waals surface area contributed by atoms with E-state index in [1.165, 1.54) is 38.8 Å². The summed E-state index contributed by atoms with van der Waals surface area (Å²) >= 11 is 0. The molecule has 0 saturated heterocycles. The largest absolute Gasteiger partial charge is 0.456 e. The number of allylic oxidation sites excluding steroid dienone is 2. The lowest BCUT2D eigenvalue weighted by Crippen LogP contribution is -2.03. The van der Waals surface area contributed by atoms with Crippen molar-refractivity contribution in [3.05, 3.63) is 174 Å². The first kappa shape index (κ1) is 32.5. The van der Waals surface area contributed by atoms with Crippen LogP contribution in [0.15, 0.2) is 156 Å². The molecule has 11 rings (SSSR count). The van der Waals surface area contributed by atoms with E-state index in [4.69, 9.17) is 19.4 Å². The Morgan fingerprint density at radius 2 is 1.21 bits per heavy atom. The summed E-state index contributed by atoms with van der Waals surface area (Å²) in [5.74, 6) is 2.32. The number of hydrogen-bond acceptors (Lipinski definition) is 4. The van der Waals surface area contributed by atoms with Gasteiger partial charge in [0.1, 0.15) is 11.2 Å². The van der Waals surface area contributed by atoms with Crippen LogP contribution in [0, 0.1) is 0 Å². The maximum atomic E-state index is 6.59. The fourth-order valence-electron chi connectivity index (χ4n) is 8.57. The minimum atomic E-state index is 0.414. The van der Waals surface area contributed by atoms with E-state index >= 15 is 0 Å². The Bertz CT molecular complexity index is 3080. The summed E-state index contributed by atoms with van der Waals surface area (Å²) in [6.45, 7) is 2.29. The summed E-state index contributed by atoms with van der Waals surface area (Å²) in [5.41, 5.74) is 14.3. The molecule has 9 aromatic rings. The second kappa shape index (κ2) is 13.1. The van der Waals surface area contributed by atoms with Crippen molar-refractivity contribution in [3.63, 3.8) is 0 Å². The second-order valence-electron chi connectivity index (χ2n) is 15.2. The molecule has 1 atom stereocenters. The first-order chi connectivity index (χ1) is 27.6. The summed E-state index contributed by atoms with van der Waals surface area (Å²) in [6, 6.07) is 49.8. The Morgan fingerprint density at radius 3 is 2.09 bits per heavy atom.